The summed E-state index contributed by atoms with van der Waals surface area (Å²) in [6.07, 6.45) is 4.12. The molecule has 2 aromatic heterocycles. The third-order valence-corrected chi connectivity index (χ3v) is 6.43. The maximum absolute atomic E-state index is 12.9. The molecule has 1 fully saturated rings. The molecule has 1 aliphatic rings. The smallest absolute Gasteiger partial charge is 0.260 e. The van der Waals surface area contributed by atoms with E-state index in [1.54, 1.807) is 38.2 Å². The van der Waals surface area contributed by atoms with Gasteiger partial charge >= 0.3 is 0 Å². The van der Waals surface area contributed by atoms with Crippen molar-refractivity contribution < 1.29 is 14.6 Å². The summed E-state index contributed by atoms with van der Waals surface area (Å²) in [6, 6.07) is 7.81. The first-order chi connectivity index (χ1) is 16.0. The molecule has 0 bridgehead atoms. The van der Waals surface area contributed by atoms with E-state index in [0.29, 0.717) is 5.39 Å². The second kappa shape index (κ2) is 10.3. The van der Waals surface area contributed by atoms with E-state index in [1.165, 1.54) is 0 Å². The highest BCUT2D eigenvalue weighted by Gasteiger charge is 2.21. The summed E-state index contributed by atoms with van der Waals surface area (Å²) in [4.78, 5) is 21.8. The van der Waals surface area contributed by atoms with Crippen molar-refractivity contribution in [2.75, 3.05) is 53.6 Å². The molecule has 1 N–H and O–H groups in total. The lowest BCUT2D eigenvalue weighted by Gasteiger charge is -2.35. The van der Waals surface area contributed by atoms with Crippen LogP contribution in [0.2, 0.25) is 0 Å². The Morgan fingerprint density at radius 1 is 1.03 bits per heavy atom. The number of hydrogen-bond donors (Lipinski definition) is 1. The van der Waals surface area contributed by atoms with Crippen LogP contribution in [-0.4, -0.2) is 78.0 Å². The molecular weight excluding hydrogens is 420 g/mol. The highest BCUT2D eigenvalue weighted by Crippen LogP contribution is 2.36. The Morgan fingerprint density at radius 2 is 1.70 bits per heavy atom. The summed E-state index contributed by atoms with van der Waals surface area (Å²) in [6.45, 7) is 5.77. The number of nitrogens with zero attached hydrogens (tertiary/aromatic N) is 4. The van der Waals surface area contributed by atoms with E-state index in [1.807, 2.05) is 24.3 Å². The van der Waals surface area contributed by atoms with E-state index in [-0.39, 0.29) is 12.2 Å². The van der Waals surface area contributed by atoms with Gasteiger partial charge in [0.2, 0.25) is 0 Å². The third-order valence-electron chi connectivity index (χ3n) is 6.43. The van der Waals surface area contributed by atoms with E-state index in [9.17, 15) is 4.79 Å². The minimum Gasteiger partial charge on any atom is -0.496 e. The molecule has 1 aromatic carbocycles. The first-order valence-corrected chi connectivity index (χ1v) is 11.3. The van der Waals surface area contributed by atoms with Crippen molar-refractivity contribution in [3.05, 3.63) is 52.6 Å². The van der Waals surface area contributed by atoms with Crippen molar-refractivity contribution in [1.82, 2.24) is 19.4 Å². The topological polar surface area (TPSA) is 80.1 Å². The first-order valence-electron chi connectivity index (χ1n) is 11.3. The fourth-order valence-corrected chi connectivity index (χ4v) is 4.50. The van der Waals surface area contributed by atoms with Crippen LogP contribution in [0.5, 0.6) is 11.5 Å². The number of benzene rings is 1. The molecule has 0 spiro atoms. The largest absolute Gasteiger partial charge is 0.496 e. The minimum atomic E-state index is -0.0864. The van der Waals surface area contributed by atoms with E-state index in [2.05, 4.69) is 14.8 Å². The van der Waals surface area contributed by atoms with Crippen LogP contribution < -0.4 is 15.0 Å². The van der Waals surface area contributed by atoms with Crippen molar-refractivity contribution in [3.63, 3.8) is 0 Å². The summed E-state index contributed by atoms with van der Waals surface area (Å²) in [5.74, 6) is 1.49. The van der Waals surface area contributed by atoms with Gasteiger partial charge in [-0.1, -0.05) is 0 Å². The van der Waals surface area contributed by atoms with Crippen LogP contribution in [0.1, 0.15) is 12.0 Å². The van der Waals surface area contributed by atoms with Crippen LogP contribution >= 0.6 is 0 Å². The van der Waals surface area contributed by atoms with Gasteiger partial charge < -0.3 is 24.0 Å². The quantitative estimate of drug-likeness (QED) is 0.561. The average Bonchev–Trinajstić information content (AvgIpc) is 2.85. The van der Waals surface area contributed by atoms with Gasteiger partial charge in [-0.25, -0.2) is 0 Å². The van der Waals surface area contributed by atoms with E-state index in [4.69, 9.17) is 14.6 Å². The number of aliphatic hydroxyl groups is 1. The number of ether oxygens (including phenoxy) is 2. The van der Waals surface area contributed by atoms with Crippen molar-refractivity contribution in [2.24, 2.45) is 7.05 Å². The molecule has 0 amide bonds. The molecule has 1 saturated heterocycles. The molecule has 0 unspecified atom stereocenters. The van der Waals surface area contributed by atoms with Gasteiger partial charge in [0.05, 0.1) is 30.9 Å². The fourth-order valence-electron chi connectivity index (χ4n) is 4.50. The molecular formula is C25H32N4O4. The van der Waals surface area contributed by atoms with Crippen molar-refractivity contribution >= 4 is 10.8 Å². The van der Waals surface area contributed by atoms with Crippen molar-refractivity contribution in [1.29, 1.82) is 0 Å². The van der Waals surface area contributed by atoms with Crippen molar-refractivity contribution in [2.45, 2.75) is 13.0 Å². The molecule has 1 aliphatic heterocycles. The van der Waals surface area contributed by atoms with E-state index in [0.717, 1.165) is 79.4 Å². The number of methoxy groups -OCH3 is 2. The number of piperazine rings is 1. The Kier molecular flexibility index (Phi) is 7.27. The van der Waals surface area contributed by atoms with Crippen LogP contribution in [-0.2, 0) is 13.6 Å². The maximum Gasteiger partial charge on any atom is 0.260 e. The number of hydrogen-bond acceptors (Lipinski definition) is 7. The molecule has 176 valence electrons. The molecule has 3 aromatic rings. The second-order valence-corrected chi connectivity index (χ2v) is 8.41. The zero-order valence-electron chi connectivity index (χ0n) is 19.6. The molecule has 3 heterocycles. The predicted molar refractivity (Wildman–Crippen MR) is 129 cm³/mol. The standard InChI is InChI=1S/C25H32N4O4/c1-27-22(13-18-5-6-26-16-20(18)25(27)31)19-14-23(32-2)21(24(15-19)33-3)17-29-10-8-28(9-11-29)7-4-12-30/h5-6,13-16,30H,4,7-12,17H2,1-3H3. The number of aromatic nitrogens is 2. The van der Waals surface area contributed by atoms with Gasteiger partial charge in [-0.15, -0.1) is 0 Å². The van der Waals surface area contributed by atoms with Crippen LogP contribution in [0.25, 0.3) is 22.0 Å². The molecule has 4 rings (SSSR count). The number of fused-ring (bicyclic) bond motifs is 1. The van der Waals surface area contributed by atoms with E-state index < -0.39 is 0 Å². The fraction of sp³-hybridized carbons (Fsp3) is 0.440. The van der Waals surface area contributed by atoms with Crippen LogP contribution in [0.15, 0.2) is 41.5 Å². The SMILES string of the molecule is COc1cc(-c2cc3ccncc3c(=O)n2C)cc(OC)c1CN1CCN(CCCO)CC1. The molecule has 0 radical (unpaired) electrons. The van der Waals surface area contributed by atoms with Gasteiger partial charge in [0.15, 0.2) is 0 Å². The Labute approximate surface area is 194 Å². The number of rotatable bonds is 8. The highest BCUT2D eigenvalue weighted by molar-refractivity contribution is 5.85. The molecule has 0 saturated carbocycles. The van der Waals surface area contributed by atoms with Crippen LogP contribution in [0, 0.1) is 0 Å². The van der Waals surface area contributed by atoms with Gasteiger partial charge in [-0.2, -0.15) is 0 Å². The summed E-state index contributed by atoms with van der Waals surface area (Å²) in [5.41, 5.74) is 2.57. The Hall–Kier alpha value is -2.94. The zero-order valence-corrected chi connectivity index (χ0v) is 19.6. The van der Waals surface area contributed by atoms with Crippen LogP contribution in [0.4, 0.5) is 0 Å². The summed E-state index contributed by atoms with van der Waals surface area (Å²) in [5, 5.41) is 10.5. The minimum absolute atomic E-state index is 0.0864. The van der Waals surface area contributed by atoms with Gasteiger partial charge in [0.1, 0.15) is 11.5 Å². The second-order valence-electron chi connectivity index (χ2n) is 8.41. The molecule has 8 heteroatoms. The predicted octanol–water partition coefficient (Wildman–Crippen LogP) is 2.12. The Bertz CT molecular complexity index is 1140. The molecule has 33 heavy (non-hydrogen) atoms. The lowest BCUT2D eigenvalue weighted by molar-refractivity contribution is 0.118. The highest BCUT2D eigenvalue weighted by atomic mass is 16.5. The van der Waals surface area contributed by atoms with Gasteiger partial charge in [-0.3, -0.25) is 14.7 Å². The molecule has 0 atom stereocenters. The zero-order chi connectivity index (χ0) is 23.4. The summed E-state index contributed by atoms with van der Waals surface area (Å²) < 4.78 is 13.2. The lowest BCUT2D eigenvalue weighted by Crippen LogP contribution is -2.46. The summed E-state index contributed by atoms with van der Waals surface area (Å²) >= 11 is 0. The lowest BCUT2D eigenvalue weighted by atomic mass is 10.0. The molecule has 0 aliphatic carbocycles. The Balaban J connectivity index is 1.64. The normalized spacial score (nSPS) is 15.2. The van der Waals surface area contributed by atoms with Gasteiger partial charge in [-0.05, 0) is 36.1 Å². The Morgan fingerprint density at radius 3 is 2.33 bits per heavy atom. The van der Waals surface area contributed by atoms with E-state index >= 15 is 0 Å². The molecule has 8 nitrogen and oxygen atoms in total. The number of aliphatic hydroxyl groups excluding tert-OH is 1. The van der Waals surface area contributed by atoms with Crippen molar-refractivity contribution in [3.8, 4) is 22.8 Å². The third kappa shape index (κ3) is 4.88. The maximum atomic E-state index is 12.9. The average molecular weight is 453 g/mol. The summed E-state index contributed by atoms with van der Waals surface area (Å²) in [7, 11) is 5.10. The van der Waals surface area contributed by atoms with Gasteiger partial charge in [0, 0.05) is 70.9 Å². The number of pyridine rings is 2. The van der Waals surface area contributed by atoms with Gasteiger partial charge in [0.25, 0.3) is 5.56 Å². The van der Waals surface area contributed by atoms with Crippen LogP contribution in [0.3, 0.4) is 0 Å². The first kappa shape index (κ1) is 23.2. The monoisotopic (exact) mass is 452 g/mol.